The number of thioether (sulfide) groups is 1. The Balaban J connectivity index is 2.60. The average molecular weight is 317 g/mol. The predicted octanol–water partition coefficient (Wildman–Crippen LogP) is 2.90. The molecule has 0 saturated carbocycles. The molecule has 0 aliphatic carbocycles. The zero-order chi connectivity index (χ0) is 12.8. The van der Waals surface area contributed by atoms with E-state index in [1.807, 2.05) is 18.7 Å². The fourth-order valence-electron chi connectivity index (χ4n) is 1.33. The smallest absolute Gasteiger partial charge is 0.251 e. The van der Waals surface area contributed by atoms with E-state index in [0.717, 1.165) is 16.0 Å². The van der Waals surface area contributed by atoms with E-state index in [9.17, 15) is 4.79 Å². The van der Waals surface area contributed by atoms with Crippen molar-refractivity contribution >= 4 is 39.3 Å². The summed E-state index contributed by atoms with van der Waals surface area (Å²) in [5.41, 5.74) is 6.91. The molecule has 94 valence electrons. The quantitative estimate of drug-likeness (QED) is 0.821. The second kappa shape index (κ2) is 6.91. The van der Waals surface area contributed by atoms with E-state index in [-0.39, 0.29) is 11.9 Å². The van der Waals surface area contributed by atoms with Crippen molar-refractivity contribution in [2.45, 2.75) is 19.9 Å². The van der Waals surface area contributed by atoms with Crippen molar-refractivity contribution in [2.24, 2.45) is 0 Å². The fourth-order valence-corrected chi connectivity index (χ4v) is 2.25. The molecule has 0 bridgehead atoms. The van der Waals surface area contributed by atoms with Gasteiger partial charge in [-0.15, -0.1) is 0 Å². The summed E-state index contributed by atoms with van der Waals surface area (Å²) in [6.45, 7) is 4.11. The highest BCUT2D eigenvalue weighted by Crippen LogP contribution is 2.20. The van der Waals surface area contributed by atoms with Gasteiger partial charge in [0.1, 0.15) is 0 Å². The molecule has 1 aromatic rings. The van der Waals surface area contributed by atoms with Gasteiger partial charge in [-0.25, -0.2) is 0 Å². The van der Waals surface area contributed by atoms with Crippen LogP contribution in [0.25, 0.3) is 0 Å². The van der Waals surface area contributed by atoms with Crippen LogP contribution in [0.3, 0.4) is 0 Å². The van der Waals surface area contributed by atoms with Crippen molar-refractivity contribution in [3.05, 3.63) is 28.2 Å². The van der Waals surface area contributed by atoms with E-state index < -0.39 is 0 Å². The Hall–Kier alpha value is -0.680. The van der Waals surface area contributed by atoms with Crippen molar-refractivity contribution in [3.63, 3.8) is 0 Å². The number of nitrogen functional groups attached to an aromatic ring is 1. The number of anilines is 1. The summed E-state index contributed by atoms with van der Waals surface area (Å²) in [5.74, 6) is 1.91. The van der Waals surface area contributed by atoms with Gasteiger partial charge in [0, 0.05) is 27.5 Å². The van der Waals surface area contributed by atoms with Gasteiger partial charge in [0.25, 0.3) is 5.91 Å². The summed E-state index contributed by atoms with van der Waals surface area (Å²) in [7, 11) is 0. The number of benzene rings is 1. The molecule has 0 spiro atoms. The van der Waals surface area contributed by atoms with E-state index in [1.54, 1.807) is 18.2 Å². The Labute approximate surface area is 115 Å². The second-order valence-electron chi connectivity index (χ2n) is 3.77. The molecule has 0 aliphatic rings. The summed E-state index contributed by atoms with van der Waals surface area (Å²) in [4.78, 5) is 11.9. The summed E-state index contributed by atoms with van der Waals surface area (Å²) < 4.78 is 0.809. The average Bonchev–Trinajstić information content (AvgIpc) is 2.30. The van der Waals surface area contributed by atoms with E-state index in [1.165, 1.54) is 0 Å². The number of nitrogens with one attached hydrogen (secondary N) is 1. The molecule has 0 aromatic heterocycles. The van der Waals surface area contributed by atoms with Crippen molar-refractivity contribution in [3.8, 4) is 0 Å². The molecule has 0 saturated heterocycles. The van der Waals surface area contributed by atoms with Crippen LogP contribution in [0.2, 0.25) is 0 Å². The zero-order valence-corrected chi connectivity index (χ0v) is 12.4. The number of hydrogen-bond acceptors (Lipinski definition) is 3. The molecule has 0 radical (unpaired) electrons. The first kappa shape index (κ1) is 14.4. The molecule has 3 nitrogen and oxygen atoms in total. The summed E-state index contributed by atoms with van der Waals surface area (Å²) in [6, 6.07) is 5.39. The number of nitrogens with two attached hydrogens (primary N) is 1. The third-order valence-corrected chi connectivity index (χ3v) is 4.07. The van der Waals surface area contributed by atoms with Gasteiger partial charge in [0.2, 0.25) is 0 Å². The van der Waals surface area contributed by atoms with Crippen LogP contribution in [-0.2, 0) is 0 Å². The monoisotopic (exact) mass is 316 g/mol. The lowest BCUT2D eigenvalue weighted by atomic mass is 10.2. The number of halogens is 1. The van der Waals surface area contributed by atoms with Crippen LogP contribution in [0, 0.1) is 0 Å². The molecular formula is C12H17BrN2OS. The molecular weight excluding hydrogens is 300 g/mol. The van der Waals surface area contributed by atoms with Crippen LogP contribution >= 0.6 is 27.7 Å². The maximum Gasteiger partial charge on any atom is 0.251 e. The van der Waals surface area contributed by atoms with Crippen molar-refractivity contribution < 1.29 is 4.79 Å². The number of hydrogen-bond donors (Lipinski definition) is 2. The molecule has 0 fully saturated rings. The minimum atomic E-state index is -0.0756. The molecule has 0 heterocycles. The number of carbonyl (C=O) groups excluding carboxylic acids is 1. The normalized spacial score (nSPS) is 12.2. The maximum atomic E-state index is 11.9. The van der Waals surface area contributed by atoms with E-state index in [0.29, 0.717) is 11.3 Å². The zero-order valence-electron chi connectivity index (χ0n) is 10.00. The largest absolute Gasteiger partial charge is 0.398 e. The van der Waals surface area contributed by atoms with Gasteiger partial charge in [-0.2, -0.15) is 11.8 Å². The van der Waals surface area contributed by atoms with Gasteiger partial charge in [0.15, 0.2) is 0 Å². The van der Waals surface area contributed by atoms with Crippen LogP contribution < -0.4 is 11.1 Å². The summed E-state index contributed by atoms with van der Waals surface area (Å²) >= 11 is 5.12. The molecule has 0 aliphatic heterocycles. The SMILES string of the molecule is CCSCC(C)NC(=O)c1ccc(Br)c(N)c1. The first-order valence-electron chi connectivity index (χ1n) is 5.48. The third kappa shape index (κ3) is 4.60. The van der Waals surface area contributed by atoms with Crippen molar-refractivity contribution in [2.75, 3.05) is 17.2 Å². The Bertz CT molecular complexity index is 398. The van der Waals surface area contributed by atoms with Crippen LogP contribution in [0.4, 0.5) is 5.69 Å². The number of amides is 1. The van der Waals surface area contributed by atoms with Gasteiger partial charge in [-0.3, -0.25) is 4.79 Å². The Morgan fingerprint density at radius 2 is 2.29 bits per heavy atom. The Kier molecular flexibility index (Phi) is 5.85. The molecule has 3 N–H and O–H groups in total. The molecule has 1 rings (SSSR count). The molecule has 17 heavy (non-hydrogen) atoms. The molecule has 1 aromatic carbocycles. The molecule has 1 unspecified atom stereocenters. The third-order valence-electron chi connectivity index (χ3n) is 2.21. The van der Waals surface area contributed by atoms with E-state index in [2.05, 4.69) is 28.2 Å². The Morgan fingerprint density at radius 3 is 2.88 bits per heavy atom. The summed E-state index contributed by atoms with van der Waals surface area (Å²) in [5, 5.41) is 2.95. The van der Waals surface area contributed by atoms with Crippen LogP contribution in [0.5, 0.6) is 0 Å². The van der Waals surface area contributed by atoms with Gasteiger partial charge in [-0.1, -0.05) is 6.92 Å². The van der Waals surface area contributed by atoms with Gasteiger partial charge >= 0.3 is 0 Å². The molecule has 1 atom stereocenters. The van der Waals surface area contributed by atoms with Gasteiger partial charge in [-0.05, 0) is 46.8 Å². The predicted molar refractivity (Wildman–Crippen MR) is 78.5 cm³/mol. The highest BCUT2D eigenvalue weighted by molar-refractivity contribution is 9.10. The molecule has 1 amide bonds. The lowest BCUT2D eigenvalue weighted by Crippen LogP contribution is -2.34. The van der Waals surface area contributed by atoms with E-state index >= 15 is 0 Å². The highest BCUT2D eigenvalue weighted by Gasteiger charge is 2.10. The van der Waals surface area contributed by atoms with E-state index in [4.69, 9.17) is 5.73 Å². The van der Waals surface area contributed by atoms with Gasteiger partial charge < -0.3 is 11.1 Å². The summed E-state index contributed by atoms with van der Waals surface area (Å²) in [6.07, 6.45) is 0. The minimum Gasteiger partial charge on any atom is -0.398 e. The maximum absolute atomic E-state index is 11.9. The fraction of sp³-hybridized carbons (Fsp3) is 0.417. The lowest BCUT2D eigenvalue weighted by molar-refractivity contribution is 0.0944. The number of rotatable bonds is 5. The highest BCUT2D eigenvalue weighted by atomic mass is 79.9. The molecule has 5 heteroatoms. The first-order chi connectivity index (χ1) is 8.04. The first-order valence-corrected chi connectivity index (χ1v) is 7.43. The standard InChI is InChI=1S/C12H17BrN2OS/c1-3-17-7-8(2)15-12(16)9-4-5-10(13)11(14)6-9/h4-6,8H,3,7,14H2,1-2H3,(H,15,16). The topological polar surface area (TPSA) is 55.1 Å². The Morgan fingerprint density at radius 1 is 1.59 bits per heavy atom. The van der Waals surface area contributed by atoms with Crippen LogP contribution in [-0.4, -0.2) is 23.5 Å². The number of carbonyl (C=O) groups is 1. The minimum absolute atomic E-state index is 0.0756. The lowest BCUT2D eigenvalue weighted by Gasteiger charge is -2.13. The van der Waals surface area contributed by atoms with Crippen molar-refractivity contribution in [1.29, 1.82) is 0 Å². The van der Waals surface area contributed by atoms with Crippen molar-refractivity contribution in [1.82, 2.24) is 5.32 Å². The van der Waals surface area contributed by atoms with Crippen LogP contribution in [0.15, 0.2) is 22.7 Å². The second-order valence-corrected chi connectivity index (χ2v) is 5.94. The van der Waals surface area contributed by atoms with Gasteiger partial charge in [0.05, 0.1) is 0 Å². The van der Waals surface area contributed by atoms with Crippen LogP contribution in [0.1, 0.15) is 24.2 Å².